The first kappa shape index (κ1) is 14.6. The highest BCUT2D eigenvalue weighted by atomic mass is 16.2. The summed E-state index contributed by atoms with van der Waals surface area (Å²) < 4.78 is 0. The highest BCUT2D eigenvalue weighted by Gasteiger charge is 2.40. The Bertz CT molecular complexity index is 614. The number of rotatable bonds is 4. The van der Waals surface area contributed by atoms with Gasteiger partial charge in [0.1, 0.15) is 5.78 Å². The van der Waals surface area contributed by atoms with Gasteiger partial charge in [0.15, 0.2) is 0 Å². The van der Waals surface area contributed by atoms with Crippen LogP contribution in [-0.4, -0.2) is 35.7 Å². The second-order valence-electron chi connectivity index (χ2n) is 6.03. The van der Waals surface area contributed by atoms with E-state index in [1.807, 2.05) is 4.90 Å². The van der Waals surface area contributed by atoms with Crippen LogP contribution in [0.2, 0.25) is 0 Å². The minimum Gasteiger partial charge on any atom is -0.376 e. The Morgan fingerprint density at radius 1 is 1.32 bits per heavy atom. The normalized spacial score (nSPS) is 21.3. The fourth-order valence-electron chi connectivity index (χ4n) is 3.01. The van der Waals surface area contributed by atoms with Gasteiger partial charge < -0.3 is 10.2 Å². The number of carbonyl (C=O) groups is 2. The molecule has 0 bridgehead atoms. The van der Waals surface area contributed by atoms with E-state index in [9.17, 15) is 9.59 Å². The van der Waals surface area contributed by atoms with Crippen LogP contribution in [-0.2, 0) is 9.59 Å². The smallest absolute Gasteiger partial charge is 0.242 e. The molecule has 1 amide bonds. The molecule has 0 unspecified atom stereocenters. The summed E-state index contributed by atoms with van der Waals surface area (Å²) in [6.07, 6.45) is 3.26. The van der Waals surface area contributed by atoms with Crippen LogP contribution in [0, 0.1) is 17.2 Å². The average Bonchev–Trinajstić information content (AvgIpc) is 3.38. The summed E-state index contributed by atoms with van der Waals surface area (Å²) in [6.45, 7) is 0.775. The molecular formula is C17H19N3O2. The van der Waals surface area contributed by atoms with E-state index >= 15 is 0 Å². The van der Waals surface area contributed by atoms with E-state index in [1.165, 1.54) is 0 Å². The lowest BCUT2D eigenvalue weighted by molar-refractivity contribution is -0.137. The first-order chi connectivity index (χ1) is 10.7. The Kier molecular flexibility index (Phi) is 4.10. The lowest BCUT2D eigenvalue weighted by Crippen LogP contribution is -2.49. The average molecular weight is 297 g/mol. The van der Waals surface area contributed by atoms with Gasteiger partial charge in [-0.1, -0.05) is 0 Å². The van der Waals surface area contributed by atoms with Crippen molar-refractivity contribution < 1.29 is 9.59 Å². The number of hydrogen-bond donors (Lipinski definition) is 1. The predicted molar refractivity (Wildman–Crippen MR) is 82.1 cm³/mol. The number of carbonyl (C=O) groups excluding carboxylic acids is 2. The molecule has 1 aliphatic carbocycles. The molecule has 5 heteroatoms. The van der Waals surface area contributed by atoms with Crippen molar-refractivity contribution in [3.8, 4) is 6.07 Å². The van der Waals surface area contributed by atoms with Gasteiger partial charge in [-0.05, 0) is 43.0 Å². The summed E-state index contributed by atoms with van der Waals surface area (Å²) in [4.78, 5) is 26.0. The maximum absolute atomic E-state index is 12.4. The number of amides is 1. The number of benzene rings is 1. The second-order valence-corrected chi connectivity index (χ2v) is 6.03. The number of ketones is 1. The van der Waals surface area contributed by atoms with Crippen molar-refractivity contribution in [2.24, 2.45) is 5.92 Å². The van der Waals surface area contributed by atoms with Gasteiger partial charge in [0.05, 0.1) is 18.2 Å². The zero-order valence-electron chi connectivity index (χ0n) is 12.4. The van der Waals surface area contributed by atoms with Crippen molar-refractivity contribution >= 4 is 17.4 Å². The number of anilines is 1. The molecule has 5 nitrogen and oxygen atoms in total. The van der Waals surface area contributed by atoms with Gasteiger partial charge in [-0.3, -0.25) is 9.59 Å². The molecule has 114 valence electrons. The van der Waals surface area contributed by atoms with Gasteiger partial charge in [-0.15, -0.1) is 0 Å². The fourth-order valence-corrected chi connectivity index (χ4v) is 3.01. The molecule has 1 aromatic carbocycles. The molecule has 2 fully saturated rings. The zero-order chi connectivity index (χ0) is 15.5. The number of nitrogens with one attached hydrogen (secondary N) is 1. The number of nitriles is 1. The van der Waals surface area contributed by atoms with Crippen molar-refractivity contribution in [2.45, 2.75) is 31.7 Å². The number of nitrogens with zero attached hydrogens (tertiary/aromatic N) is 2. The van der Waals surface area contributed by atoms with Crippen molar-refractivity contribution in [3.05, 3.63) is 29.8 Å². The molecule has 1 N–H and O–H groups in total. The van der Waals surface area contributed by atoms with E-state index in [-0.39, 0.29) is 24.3 Å². The monoisotopic (exact) mass is 297 g/mol. The SMILES string of the molecule is N#Cc1ccc(NCC(=O)N2CCC(=O)C[C@H]2C2CC2)cc1. The van der Waals surface area contributed by atoms with Crippen LogP contribution in [0.3, 0.4) is 0 Å². The standard InChI is InChI=1S/C17H19N3O2/c18-10-12-1-5-14(6-2-12)19-11-17(22)20-8-7-15(21)9-16(20)13-3-4-13/h1-2,5-6,13,16,19H,3-4,7-9,11H2/t16-/m0/s1. The van der Waals surface area contributed by atoms with E-state index in [4.69, 9.17) is 5.26 Å². The van der Waals surface area contributed by atoms with E-state index in [0.29, 0.717) is 30.9 Å². The van der Waals surface area contributed by atoms with Gasteiger partial charge in [0, 0.05) is 31.1 Å². The quantitative estimate of drug-likeness (QED) is 0.921. The highest BCUT2D eigenvalue weighted by molar-refractivity contribution is 5.86. The van der Waals surface area contributed by atoms with Crippen LogP contribution >= 0.6 is 0 Å². The molecule has 1 aliphatic heterocycles. The summed E-state index contributed by atoms with van der Waals surface area (Å²) in [5.74, 6) is 0.845. The van der Waals surface area contributed by atoms with Crippen molar-refractivity contribution in [1.82, 2.24) is 4.90 Å². The van der Waals surface area contributed by atoms with Gasteiger partial charge in [0.25, 0.3) is 0 Å². The molecule has 0 radical (unpaired) electrons. The third kappa shape index (κ3) is 3.28. The first-order valence-corrected chi connectivity index (χ1v) is 7.72. The molecule has 1 atom stereocenters. The lowest BCUT2D eigenvalue weighted by atomic mass is 9.97. The highest BCUT2D eigenvalue weighted by Crippen LogP contribution is 2.38. The predicted octanol–water partition coefficient (Wildman–Crippen LogP) is 1.94. The largest absolute Gasteiger partial charge is 0.376 e. The molecule has 1 saturated carbocycles. The van der Waals surface area contributed by atoms with Crippen LogP contribution in [0.25, 0.3) is 0 Å². The molecule has 3 rings (SSSR count). The van der Waals surface area contributed by atoms with E-state index in [2.05, 4.69) is 11.4 Å². The Labute approximate surface area is 129 Å². The Morgan fingerprint density at radius 2 is 2.05 bits per heavy atom. The van der Waals surface area contributed by atoms with E-state index < -0.39 is 0 Å². The number of piperidine rings is 1. The van der Waals surface area contributed by atoms with Crippen LogP contribution < -0.4 is 5.32 Å². The second kappa shape index (κ2) is 6.18. The van der Waals surface area contributed by atoms with Crippen LogP contribution in [0.4, 0.5) is 5.69 Å². The maximum atomic E-state index is 12.4. The Balaban J connectivity index is 1.58. The summed E-state index contributed by atoms with van der Waals surface area (Å²) >= 11 is 0. The summed E-state index contributed by atoms with van der Waals surface area (Å²) in [6, 6.07) is 9.21. The maximum Gasteiger partial charge on any atom is 0.242 e. The number of hydrogen-bond acceptors (Lipinski definition) is 4. The molecule has 22 heavy (non-hydrogen) atoms. The molecule has 2 aliphatic rings. The van der Waals surface area contributed by atoms with E-state index in [0.717, 1.165) is 18.5 Å². The molecular weight excluding hydrogens is 278 g/mol. The fraction of sp³-hybridized carbons (Fsp3) is 0.471. The van der Waals surface area contributed by atoms with Gasteiger partial charge in [-0.2, -0.15) is 5.26 Å². The van der Waals surface area contributed by atoms with Crippen molar-refractivity contribution in [2.75, 3.05) is 18.4 Å². The van der Waals surface area contributed by atoms with Gasteiger partial charge in [0.2, 0.25) is 5.91 Å². The third-order valence-corrected chi connectivity index (χ3v) is 4.41. The van der Waals surface area contributed by atoms with Gasteiger partial charge in [-0.25, -0.2) is 0 Å². The van der Waals surface area contributed by atoms with E-state index in [1.54, 1.807) is 24.3 Å². The van der Waals surface area contributed by atoms with Crippen molar-refractivity contribution in [1.29, 1.82) is 5.26 Å². The summed E-state index contributed by atoms with van der Waals surface area (Å²) in [5.41, 5.74) is 1.42. The molecule has 1 heterocycles. The zero-order valence-corrected chi connectivity index (χ0v) is 12.4. The Morgan fingerprint density at radius 3 is 2.68 bits per heavy atom. The minimum atomic E-state index is 0.0498. The minimum absolute atomic E-state index is 0.0498. The van der Waals surface area contributed by atoms with Crippen LogP contribution in [0.1, 0.15) is 31.2 Å². The molecule has 0 aromatic heterocycles. The summed E-state index contributed by atoms with van der Waals surface area (Å²) in [5, 5.41) is 11.9. The number of Topliss-reactive ketones (excluding diaryl/α,β-unsaturated/α-hetero) is 1. The lowest BCUT2D eigenvalue weighted by Gasteiger charge is -2.35. The molecule has 0 spiro atoms. The number of likely N-dealkylation sites (tertiary alicyclic amines) is 1. The first-order valence-electron chi connectivity index (χ1n) is 7.72. The Hall–Kier alpha value is -2.35. The van der Waals surface area contributed by atoms with Crippen LogP contribution in [0.15, 0.2) is 24.3 Å². The molecule has 1 saturated heterocycles. The topological polar surface area (TPSA) is 73.2 Å². The van der Waals surface area contributed by atoms with Crippen molar-refractivity contribution in [3.63, 3.8) is 0 Å². The summed E-state index contributed by atoms with van der Waals surface area (Å²) in [7, 11) is 0. The van der Waals surface area contributed by atoms with Gasteiger partial charge >= 0.3 is 0 Å². The van der Waals surface area contributed by atoms with Crippen LogP contribution in [0.5, 0.6) is 0 Å². The molecule has 1 aromatic rings. The third-order valence-electron chi connectivity index (χ3n) is 4.41.